The Hall–Kier alpha value is -4.25. The largest absolute Gasteiger partial charge is 0.493 e. The lowest BCUT2D eigenvalue weighted by atomic mass is 10.1. The van der Waals surface area contributed by atoms with Crippen LogP contribution in [0.15, 0.2) is 97.1 Å². The van der Waals surface area contributed by atoms with E-state index in [4.69, 9.17) is 14.2 Å². The normalized spacial score (nSPS) is 10.5. The van der Waals surface area contributed by atoms with Gasteiger partial charge in [0.2, 0.25) is 5.91 Å². The summed E-state index contributed by atoms with van der Waals surface area (Å²) >= 11 is 0. The van der Waals surface area contributed by atoms with E-state index in [1.54, 1.807) is 7.11 Å². The predicted molar refractivity (Wildman–Crippen MR) is 146 cm³/mol. The van der Waals surface area contributed by atoms with E-state index in [1.807, 2.05) is 79.7 Å². The number of hydrogen-bond acceptors (Lipinski definition) is 4. The summed E-state index contributed by atoms with van der Waals surface area (Å²) in [5.41, 5.74) is 5.34. The lowest BCUT2D eigenvalue weighted by Crippen LogP contribution is -2.27. The zero-order valence-electron chi connectivity index (χ0n) is 21.4. The van der Waals surface area contributed by atoms with E-state index in [0.717, 1.165) is 40.0 Å². The van der Waals surface area contributed by atoms with E-state index in [9.17, 15) is 4.79 Å². The maximum atomic E-state index is 12.5. The molecule has 5 nitrogen and oxygen atoms in total. The van der Waals surface area contributed by atoms with Crippen LogP contribution >= 0.6 is 0 Å². The molecule has 1 amide bonds. The van der Waals surface area contributed by atoms with Crippen molar-refractivity contribution in [3.8, 4) is 17.2 Å². The maximum Gasteiger partial charge on any atom is 0.224 e. The predicted octanol–water partition coefficient (Wildman–Crippen LogP) is 6.06. The van der Waals surface area contributed by atoms with Gasteiger partial charge in [0.05, 0.1) is 13.5 Å². The molecule has 0 spiro atoms. The molecule has 0 aliphatic carbocycles. The molecule has 4 aromatic carbocycles. The fourth-order valence-electron chi connectivity index (χ4n) is 4.03. The average molecular weight is 496 g/mol. The van der Waals surface area contributed by atoms with Gasteiger partial charge in [-0.1, -0.05) is 78.9 Å². The smallest absolute Gasteiger partial charge is 0.224 e. The summed E-state index contributed by atoms with van der Waals surface area (Å²) in [6, 6.07) is 31.9. The molecule has 1 N–H and O–H groups in total. The lowest BCUT2D eigenvalue weighted by Gasteiger charge is -2.13. The van der Waals surface area contributed by atoms with Crippen molar-refractivity contribution in [3.63, 3.8) is 0 Å². The van der Waals surface area contributed by atoms with Gasteiger partial charge in [0.1, 0.15) is 19.0 Å². The number of rotatable bonds is 12. The number of carbonyl (C=O) groups is 1. The third kappa shape index (κ3) is 7.87. The maximum absolute atomic E-state index is 12.5. The summed E-state index contributed by atoms with van der Waals surface area (Å²) in [5, 5.41) is 3.02. The van der Waals surface area contributed by atoms with E-state index >= 15 is 0 Å². The van der Waals surface area contributed by atoms with E-state index in [2.05, 4.69) is 29.6 Å². The van der Waals surface area contributed by atoms with Gasteiger partial charge in [-0.25, -0.2) is 0 Å². The van der Waals surface area contributed by atoms with Crippen LogP contribution in [0.25, 0.3) is 0 Å². The summed E-state index contributed by atoms with van der Waals surface area (Å²) in [6.45, 7) is 3.61. The highest BCUT2D eigenvalue weighted by Crippen LogP contribution is 2.29. The van der Waals surface area contributed by atoms with Gasteiger partial charge in [-0.05, 0) is 59.4 Å². The Morgan fingerprint density at radius 2 is 1.27 bits per heavy atom. The molecular weight excluding hydrogens is 462 g/mol. The third-order valence-corrected chi connectivity index (χ3v) is 6.04. The lowest BCUT2D eigenvalue weighted by molar-refractivity contribution is -0.120. The number of nitrogens with one attached hydrogen (secondary N) is 1. The van der Waals surface area contributed by atoms with E-state index < -0.39 is 0 Å². The van der Waals surface area contributed by atoms with Crippen LogP contribution in [-0.2, 0) is 30.8 Å². The number of ether oxygens (including phenoxy) is 3. The molecule has 0 bridgehead atoms. The highest BCUT2D eigenvalue weighted by atomic mass is 16.5. The summed E-state index contributed by atoms with van der Waals surface area (Å²) in [5.74, 6) is 2.12. The number of carbonyl (C=O) groups excluding carboxylic acids is 1. The minimum absolute atomic E-state index is 0.0282. The minimum Gasteiger partial charge on any atom is -0.493 e. The SMILES string of the molecule is COc1cc(CC(=O)NCCc2ccc(OCc3ccccc3)c(C)c2)ccc1OCc1ccccc1. The van der Waals surface area contributed by atoms with Gasteiger partial charge in [-0.15, -0.1) is 0 Å². The van der Waals surface area contributed by atoms with Gasteiger partial charge >= 0.3 is 0 Å². The van der Waals surface area contributed by atoms with Crippen molar-refractivity contribution in [2.75, 3.05) is 13.7 Å². The summed E-state index contributed by atoms with van der Waals surface area (Å²) in [6.07, 6.45) is 1.03. The fraction of sp³-hybridized carbons (Fsp3) is 0.219. The van der Waals surface area contributed by atoms with Crippen LogP contribution in [0.1, 0.15) is 27.8 Å². The van der Waals surface area contributed by atoms with Gasteiger partial charge in [0.25, 0.3) is 0 Å². The molecule has 0 radical (unpaired) electrons. The molecule has 0 saturated heterocycles. The van der Waals surface area contributed by atoms with Gasteiger partial charge in [-0.2, -0.15) is 0 Å². The molecule has 0 heterocycles. The van der Waals surface area contributed by atoms with E-state index in [1.165, 1.54) is 0 Å². The van der Waals surface area contributed by atoms with Crippen LogP contribution in [0.5, 0.6) is 17.2 Å². The molecular formula is C32H33NO4. The second kappa shape index (κ2) is 13.2. The van der Waals surface area contributed by atoms with Crippen molar-refractivity contribution in [3.05, 3.63) is 125 Å². The number of benzene rings is 4. The molecule has 0 saturated carbocycles. The molecule has 4 rings (SSSR count). The zero-order valence-corrected chi connectivity index (χ0v) is 21.4. The monoisotopic (exact) mass is 495 g/mol. The van der Waals surface area contributed by atoms with Gasteiger partial charge < -0.3 is 19.5 Å². The first-order valence-corrected chi connectivity index (χ1v) is 12.5. The van der Waals surface area contributed by atoms with Crippen molar-refractivity contribution in [2.45, 2.75) is 33.0 Å². The Kier molecular flexibility index (Phi) is 9.19. The van der Waals surface area contributed by atoms with Gasteiger partial charge in [0, 0.05) is 6.54 Å². The first-order valence-electron chi connectivity index (χ1n) is 12.5. The first kappa shape index (κ1) is 25.8. The molecule has 0 aliphatic heterocycles. The topological polar surface area (TPSA) is 56.8 Å². The molecule has 4 aromatic rings. The summed E-state index contributed by atoms with van der Waals surface area (Å²) in [7, 11) is 1.61. The van der Waals surface area contributed by atoms with Crippen LogP contribution in [0, 0.1) is 6.92 Å². The highest BCUT2D eigenvalue weighted by molar-refractivity contribution is 5.78. The number of aryl methyl sites for hydroxylation is 1. The molecule has 37 heavy (non-hydrogen) atoms. The van der Waals surface area contributed by atoms with Crippen molar-refractivity contribution in [2.24, 2.45) is 0 Å². The Morgan fingerprint density at radius 3 is 1.89 bits per heavy atom. The van der Waals surface area contributed by atoms with Crippen LogP contribution in [0.3, 0.4) is 0 Å². The minimum atomic E-state index is -0.0282. The Balaban J connectivity index is 1.23. The van der Waals surface area contributed by atoms with Gasteiger partial charge in [0.15, 0.2) is 11.5 Å². The molecule has 190 valence electrons. The highest BCUT2D eigenvalue weighted by Gasteiger charge is 2.10. The molecule has 0 unspecified atom stereocenters. The molecule has 0 aliphatic rings. The molecule has 0 atom stereocenters. The molecule has 5 heteroatoms. The summed E-state index contributed by atoms with van der Waals surface area (Å²) < 4.78 is 17.4. The summed E-state index contributed by atoms with van der Waals surface area (Å²) in [4.78, 5) is 12.5. The first-order chi connectivity index (χ1) is 18.1. The number of amides is 1. The number of hydrogen-bond donors (Lipinski definition) is 1. The number of methoxy groups -OCH3 is 1. The standard InChI is InChI=1S/C32H33NO4/c1-24-19-25(13-15-29(24)36-22-26-9-5-3-6-10-26)17-18-33-32(34)21-28-14-16-30(31(20-28)35-2)37-23-27-11-7-4-8-12-27/h3-16,19-20H,17-18,21-23H2,1-2H3,(H,33,34). The van der Waals surface area contributed by atoms with Crippen LogP contribution < -0.4 is 19.5 Å². The van der Waals surface area contributed by atoms with E-state index in [-0.39, 0.29) is 12.3 Å². The van der Waals surface area contributed by atoms with Crippen LogP contribution in [-0.4, -0.2) is 19.6 Å². The molecule has 0 aromatic heterocycles. The van der Waals surface area contributed by atoms with Gasteiger partial charge in [-0.3, -0.25) is 4.79 Å². The van der Waals surface area contributed by atoms with Crippen LogP contribution in [0.4, 0.5) is 0 Å². The average Bonchev–Trinajstić information content (AvgIpc) is 2.93. The Bertz CT molecular complexity index is 1290. The Morgan fingerprint density at radius 1 is 0.676 bits per heavy atom. The second-order valence-electron chi connectivity index (χ2n) is 8.91. The fourth-order valence-corrected chi connectivity index (χ4v) is 4.03. The van der Waals surface area contributed by atoms with Crippen molar-refractivity contribution in [1.29, 1.82) is 0 Å². The van der Waals surface area contributed by atoms with Crippen LogP contribution in [0.2, 0.25) is 0 Å². The Labute approximate surface area is 219 Å². The van der Waals surface area contributed by atoms with Crippen molar-refractivity contribution >= 4 is 5.91 Å². The van der Waals surface area contributed by atoms with Crippen molar-refractivity contribution in [1.82, 2.24) is 5.32 Å². The van der Waals surface area contributed by atoms with E-state index in [0.29, 0.717) is 31.3 Å². The molecule has 0 fully saturated rings. The quantitative estimate of drug-likeness (QED) is 0.259. The second-order valence-corrected chi connectivity index (χ2v) is 8.91. The zero-order chi connectivity index (χ0) is 25.9. The van der Waals surface area contributed by atoms with Crippen molar-refractivity contribution < 1.29 is 19.0 Å². The third-order valence-electron chi connectivity index (χ3n) is 6.04.